The first kappa shape index (κ1) is 12.8. The van der Waals surface area contributed by atoms with Crippen LogP contribution in [0.3, 0.4) is 0 Å². The van der Waals surface area contributed by atoms with Crippen molar-refractivity contribution in [2.24, 2.45) is 0 Å². The van der Waals surface area contributed by atoms with Crippen LogP contribution in [-0.2, 0) is 4.79 Å². The van der Waals surface area contributed by atoms with Gasteiger partial charge in [0.05, 0.1) is 6.42 Å². The average Bonchev–Trinajstić information content (AvgIpc) is 2.51. The highest BCUT2D eigenvalue weighted by Gasteiger charge is 2.25. The Morgan fingerprint density at radius 3 is 2.93 bits per heavy atom. The molecule has 3 atom stereocenters. The van der Waals surface area contributed by atoms with Crippen molar-refractivity contribution in [1.29, 1.82) is 0 Å². The van der Waals surface area contributed by atoms with Crippen LogP contribution in [0.4, 0.5) is 0 Å². The van der Waals surface area contributed by atoms with Crippen LogP contribution in [0.25, 0.3) is 0 Å². The van der Waals surface area contributed by atoms with E-state index in [1.165, 1.54) is 25.0 Å². The normalized spacial score (nSPS) is 27.9. The summed E-state index contributed by atoms with van der Waals surface area (Å²) in [5.74, 6) is 0.467. The van der Waals surface area contributed by atoms with Gasteiger partial charge in [-0.1, -0.05) is 6.92 Å². The Morgan fingerprint density at radius 1 is 1.60 bits per heavy atom. The fourth-order valence-electron chi connectivity index (χ4n) is 2.20. The first-order valence-electron chi connectivity index (χ1n) is 5.71. The summed E-state index contributed by atoms with van der Waals surface area (Å²) in [6.07, 6.45) is 3.89. The van der Waals surface area contributed by atoms with Crippen molar-refractivity contribution >= 4 is 17.7 Å². The van der Waals surface area contributed by atoms with E-state index in [4.69, 9.17) is 5.11 Å². The molecule has 0 aromatic rings. The van der Waals surface area contributed by atoms with E-state index in [1.807, 2.05) is 18.7 Å². The third kappa shape index (κ3) is 4.89. The van der Waals surface area contributed by atoms with Crippen LogP contribution in [0.1, 0.15) is 39.5 Å². The lowest BCUT2D eigenvalue weighted by molar-refractivity contribution is -0.137. The van der Waals surface area contributed by atoms with E-state index >= 15 is 0 Å². The maximum Gasteiger partial charge on any atom is 0.304 e. The number of nitrogens with one attached hydrogen (secondary N) is 1. The summed E-state index contributed by atoms with van der Waals surface area (Å²) in [5.41, 5.74) is 0. The molecule has 1 fully saturated rings. The van der Waals surface area contributed by atoms with Gasteiger partial charge in [-0.2, -0.15) is 11.8 Å². The topological polar surface area (TPSA) is 49.3 Å². The lowest BCUT2D eigenvalue weighted by Gasteiger charge is -2.18. The van der Waals surface area contributed by atoms with Crippen molar-refractivity contribution in [3.8, 4) is 0 Å². The molecule has 0 aliphatic heterocycles. The molecule has 0 radical (unpaired) electrons. The summed E-state index contributed by atoms with van der Waals surface area (Å²) in [6, 6.07) is 0.626. The Balaban J connectivity index is 2.20. The number of carboxylic acid groups (broad SMARTS) is 1. The number of thioether (sulfide) groups is 1. The maximum absolute atomic E-state index is 10.5. The van der Waals surface area contributed by atoms with E-state index in [0.717, 1.165) is 5.25 Å². The molecule has 1 saturated carbocycles. The SMILES string of the molecule is CCSC1CCC(NC(C)CC(=O)O)C1. The molecule has 0 spiro atoms. The molecule has 0 aromatic carbocycles. The number of carboxylic acids is 1. The van der Waals surface area contributed by atoms with Crippen molar-refractivity contribution in [3.05, 3.63) is 0 Å². The van der Waals surface area contributed by atoms with E-state index in [0.29, 0.717) is 6.04 Å². The fraction of sp³-hybridized carbons (Fsp3) is 0.909. The molecule has 2 N–H and O–H groups in total. The summed E-state index contributed by atoms with van der Waals surface area (Å²) in [7, 11) is 0. The minimum absolute atomic E-state index is 0.0953. The van der Waals surface area contributed by atoms with Gasteiger partial charge in [-0.05, 0) is 31.9 Å². The zero-order valence-corrected chi connectivity index (χ0v) is 10.3. The smallest absolute Gasteiger partial charge is 0.304 e. The van der Waals surface area contributed by atoms with Crippen LogP contribution in [0.5, 0.6) is 0 Å². The van der Waals surface area contributed by atoms with Gasteiger partial charge in [0.2, 0.25) is 0 Å². The molecule has 15 heavy (non-hydrogen) atoms. The first-order chi connectivity index (χ1) is 7.11. The van der Waals surface area contributed by atoms with E-state index < -0.39 is 5.97 Å². The van der Waals surface area contributed by atoms with E-state index in [-0.39, 0.29) is 12.5 Å². The average molecular weight is 231 g/mol. The van der Waals surface area contributed by atoms with Gasteiger partial charge in [0.15, 0.2) is 0 Å². The lowest BCUT2D eigenvalue weighted by atomic mass is 10.2. The van der Waals surface area contributed by atoms with Crippen molar-refractivity contribution in [1.82, 2.24) is 5.32 Å². The van der Waals surface area contributed by atoms with Gasteiger partial charge in [-0.3, -0.25) is 4.79 Å². The number of hydrogen-bond acceptors (Lipinski definition) is 3. The van der Waals surface area contributed by atoms with Crippen LogP contribution in [0.2, 0.25) is 0 Å². The summed E-state index contributed by atoms with van der Waals surface area (Å²) < 4.78 is 0. The van der Waals surface area contributed by atoms with Crippen LogP contribution in [0, 0.1) is 0 Å². The van der Waals surface area contributed by atoms with Crippen LogP contribution in [0.15, 0.2) is 0 Å². The predicted octanol–water partition coefficient (Wildman–Crippen LogP) is 2.11. The lowest BCUT2D eigenvalue weighted by Crippen LogP contribution is -2.36. The number of carbonyl (C=O) groups is 1. The van der Waals surface area contributed by atoms with Crippen molar-refractivity contribution in [2.75, 3.05) is 5.75 Å². The zero-order valence-electron chi connectivity index (χ0n) is 9.53. The summed E-state index contributed by atoms with van der Waals surface area (Å²) in [6.45, 7) is 4.15. The van der Waals surface area contributed by atoms with Crippen LogP contribution >= 0.6 is 11.8 Å². The molecule has 1 rings (SSSR count). The number of hydrogen-bond donors (Lipinski definition) is 2. The second-order valence-electron chi connectivity index (χ2n) is 4.25. The zero-order chi connectivity index (χ0) is 11.3. The van der Waals surface area contributed by atoms with Crippen LogP contribution in [-0.4, -0.2) is 34.2 Å². The molecule has 0 heterocycles. The molecule has 3 nitrogen and oxygen atoms in total. The molecule has 0 bridgehead atoms. The number of aliphatic carboxylic acids is 1. The molecule has 1 aliphatic carbocycles. The van der Waals surface area contributed by atoms with Gasteiger partial charge >= 0.3 is 5.97 Å². The van der Waals surface area contributed by atoms with Gasteiger partial charge < -0.3 is 10.4 Å². The summed E-state index contributed by atoms with van der Waals surface area (Å²) in [4.78, 5) is 10.5. The minimum atomic E-state index is -0.715. The monoisotopic (exact) mass is 231 g/mol. The summed E-state index contributed by atoms with van der Waals surface area (Å²) >= 11 is 2.03. The third-order valence-electron chi connectivity index (χ3n) is 2.79. The highest BCUT2D eigenvalue weighted by Crippen LogP contribution is 2.29. The predicted molar refractivity (Wildman–Crippen MR) is 64.4 cm³/mol. The second kappa shape index (κ2) is 6.38. The Hall–Kier alpha value is -0.220. The molecule has 88 valence electrons. The molecule has 4 heteroatoms. The molecule has 0 saturated heterocycles. The Kier molecular flexibility index (Phi) is 5.47. The molecule has 1 aliphatic rings. The van der Waals surface area contributed by atoms with Crippen molar-refractivity contribution in [3.63, 3.8) is 0 Å². The van der Waals surface area contributed by atoms with Gasteiger partial charge in [-0.25, -0.2) is 0 Å². The standard InChI is InChI=1S/C11H21NO2S/c1-3-15-10-5-4-9(7-10)12-8(2)6-11(13)14/h8-10,12H,3-7H2,1-2H3,(H,13,14). The largest absolute Gasteiger partial charge is 0.481 e. The fourth-order valence-corrected chi connectivity index (χ4v) is 3.34. The van der Waals surface area contributed by atoms with Crippen molar-refractivity contribution < 1.29 is 9.90 Å². The minimum Gasteiger partial charge on any atom is -0.481 e. The Bertz CT molecular complexity index is 211. The molecular formula is C11H21NO2S. The van der Waals surface area contributed by atoms with Crippen molar-refractivity contribution in [2.45, 2.75) is 56.9 Å². The maximum atomic E-state index is 10.5. The molecular weight excluding hydrogens is 210 g/mol. The first-order valence-corrected chi connectivity index (χ1v) is 6.76. The quantitative estimate of drug-likeness (QED) is 0.735. The van der Waals surface area contributed by atoms with E-state index in [2.05, 4.69) is 12.2 Å². The highest BCUT2D eigenvalue weighted by molar-refractivity contribution is 7.99. The number of rotatable bonds is 6. The summed E-state index contributed by atoms with van der Waals surface area (Å²) in [5, 5.41) is 12.8. The van der Waals surface area contributed by atoms with E-state index in [9.17, 15) is 4.79 Å². The van der Waals surface area contributed by atoms with E-state index in [1.54, 1.807) is 0 Å². The van der Waals surface area contributed by atoms with Gasteiger partial charge in [0.25, 0.3) is 0 Å². The highest BCUT2D eigenvalue weighted by atomic mass is 32.2. The molecule has 0 aromatic heterocycles. The molecule has 3 unspecified atom stereocenters. The van der Waals surface area contributed by atoms with Gasteiger partial charge in [0, 0.05) is 17.3 Å². The van der Waals surface area contributed by atoms with Crippen LogP contribution < -0.4 is 5.32 Å². The Morgan fingerprint density at radius 2 is 2.33 bits per heavy atom. The third-order valence-corrected chi connectivity index (χ3v) is 4.02. The van der Waals surface area contributed by atoms with Gasteiger partial charge in [0.1, 0.15) is 0 Å². The Labute approximate surface area is 96.0 Å². The van der Waals surface area contributed by atoms with Gasteiger partial charge in [-0.15, -0.1) is 0 Å². The molecule has 0 amide bonds. The second-order valence-corrected chi connectivity index (χ2v) is 5.83.